The Morgan fingerprint density at radius 2 is 2.00 bits per heavy atom. The van der Waals surface area contributed by atoms with Crippen molar-refractivity contribution in [2.45, 2.75) is 6.18 Å². The number of hydrogen-bond acceptors (Lipinski definition) is 2. The number of alkyl halides is 3. The van der Waals surface area contributed by atoms with Crippen LogP contribution in [0, 0.1) is 0 Å². The first-order valence-corrected chi connectivity index (χ1v) is 3.91. The summed E-state index contributed by atoms with van der Waals surface area (Å²) in [5, 5.41) is 0. The van der Waals surface area contributed by atoms with E-state index < -0.39 is 17.6 Å². The first-order chi connectivity index (χ1) is 6.86. The fourth-order valence-electron chi connectivity index (χ4n) is 1.08. The van der Waals surface area contributed by atoms with Gasteiger partial charge < -0.3 is 10.5 Å². The van der Waals surface area contributed by atoms with Gasteiger partial charge in [0.15, 0.2) is 0 Å². The molecule has 0 atom stereocenters. The zero-order valence-corrected chi connectivity index (χ0v) is 7.76. The van der Waals surface area contributed by atoms with Gasteiger partial charge >= 0.3 is 6.18 Å². The van der Waals surface area contributed by atoms with Gasteiger partial charge in [-0.25, -0.2) is 0 Å². The minimum atomic E-state index is -4.57. The molecular weight excluding hydrogens is 211 g/mol. The number of ether oxygens (including phenoxy) is 1. The molecule has 0 aromatic heterocycles. The van der Waals surface area contributed by atoms with Crippen molar-refractivity contribution in [3.63, 3.8) is 0 Å². The van der Waals surface area contributed by atoms with Crippen molar-refractivity contribution in [1.29, 1.82) is 0 Å². The predicted octanol–water partition coefficient (Wildman–Crippen LogP) is 1.81. The van der Waals surface area contributed by atoms with Gasteiger partial charge in [0, 0.05) is 5.56 Å². The summed E-state index contributed by atoms with van der Waals surface area (Å²) in [6.45, 7) is 0. The maximum Gasteiger partial charge on any atom is 0.419 e. The highest BCUT2D eigenvalue weighted by Crippen LogP contribution is 2.36. The Kier molecular flexibility index (Phi) is 2.88. The monoisotopic (exact) mass is 219 g/mol. The molecule has 0 saturated carbocycles. The maximum absolute atomic E-state index is 12.4. The van der Waals surface area contributed by atoms with Crippen molar-refractivity contribution in [3.05, 3.63) is 29.3 Å². The maximum atomic E-state index is 12.4. The second kappa shape index (κ2) is 3.80. The van der Waals surface area contributed by atoms with E-state index in [4.69, 9.17) is 5.73 Å². The number of primary amides is 1. The van der Waals surface area contributed by atoms with Gasteiger partial charge in [0.2, 0.25) is 5.91 Å². The molecule has 3 nitrogen and oxygen atoms in total. The van der Waals surface area contributed by atoms with E-state index in [-0.39, 0.29) is 11.3 Å². The van der Waals surface area contributed by atoms with Crippen LogP contribution in [0.2, 0.25) is 0 Å². The molecule has 0 aliphatic heterocycles. The number of halogens is 3. The number of hydrogen-bond donors (Lipinski definition) is 1. The van der Waals surface area contributed by atoms with Gasteiger partial charge in [0.25, 0.3) is 0 Å². The minimum Gasteiger partial charge on any atom is -0.496 e. The predicted molar refractivity (Wildman–Crippen MR) is 46.5 cm³/mol. The van der Waals surface area contributed by atoms with E-state index in [9.17, 15) is 18.0 Å². The Morgan fingerprint density at radius 3 is 2.40 bits per heavy atom. The zero-order chi connectivity index (χ0) is 11.6. The van der Waals surface area contributed by atoms with Gasteiger partial charge in [-0.3, -0.25) is 4.79 Å². The van der Waals surface area contributed by atoms with Crippen molar-refractivity contribution in [2.75, 3.05) is 7.11 Å². The summed E-state index contributed by atoms with van der Waals surface area (Å²) in [6, 6.07) is 2.90. The molecule has 0 saturated heterocycles. The fraction of sp³-hybridized carbons (Fsp3) is 0.222. The molecule has 0 bridgehead atoms. The minimum absolute atomic E-state index is 0.205. The summed E-state index contributed by atoms with van der Waals surface area (Å²) < 4.78 is 41.9. The third-order valence-corrected chi connectivity index (χ3v) is 1.79. The number of carbonyl (C=O) groups is 1. The molecule has 0 spiro atoms. The van der Waals surface area contributed by atoms with E-state index in [1.807, 2.05) is 0 Å². The Labute approximate surface area is 83.6 Å². The lowest BCUT2D eigenvalue weighted by atomic mass is 10.1. The molecule has 15 heavy (non-hydrogen) atoms. The van der Waals surface area contributed by atoms with Crippen LogP contribution in [0.1, 0.15) is 15.9 Å². The van der Waals surface area contributed by atoms with Crippen molar-refractivity contribution >= 4 is 5.91 Å². The van der Waals surface area contributed by atoms with Crippen LogP contribution >= 0.6 is 0 Å². The van der Waals surface area contributed by atoms with Crippen LogP contribution in [0.3, 0.4) is 0 Å². The highest BCUT2D eigenvalue weighted by molar-refractivity contribution is 5.93. The number of rotatable bonds is 2. The summed E-state index contributed by atoms with van der Waals surface area (Å²) in [5.41, 5.74) is 3.65. The van der Waals surface area contributed by atoms with Crippen molar-refractivity contribution in [2.24, 2.45) is 5.73 Å². The van der Waals surface area contributed by atoms with E-state index in [1.54, 1.807) is 0 Å². The molecule has 1 aromatic carbocycles. The average Bonchev–Trinajstić information content (AvgIpc) is 2.15. The van der Waals surface area contributed by atoms with E-state index in [1.165, 1.54) is 6.07 Å². The third kappa shape index (κ3) is 2.39. The molecule has 0 heterocycles. The number of benzene rings is 1. The smallest absolute Gasteiger partial charge is 0.419 e. The molecule has 82 valence electrons. The van der Waals surface area contributed by atoms with Crippen LogP contribution in [-0.2, 0) is 6.18 Å². The van der Waals surface area contributed by atoms with E-state index in [0.717, 1.165) is 13.2 Å². The summed E-state index contributed by atoms with van der Waals surface area (Å²) in [5.74, 6) is -1.25. The summed E-state index contributed by atoms with van der Waals surface area (Å²) >= 11 is 0. The Balaban J connectivity index is 3.32. The van der Waals surface area contributed by atoms with Crippen LogP contribution in [-0.4, -0.2) is 13.0 Å². The van der Waals surface area contributed by atoms with Crippen LogP contribution in [0.5, 0.6) is 5.75 Å². The number of methoxy groups -OCH3 is 1. The lowest BCUT2D eigenvalue weighted by molar-refractivity contribution is -0.138. The molecule has 0 fully saturated rings. The number of amides is 1. The lowest BCUT2D eigenvalue weighted by Crippen LogP contribution is -2.14. The average molecular weight is 219 g/mol. The molecule has 0 radical (unpaired) electrons. The second-order valence-corrected chi connectivity index (χ2v) is 2.78. The third-order valence-electron chi connectivity index (χ3n) is 1.79. The Bertz CT molecular complexity index is 387. The van der Waals surface area contributed by atoms with E-state index in [2.05, 4.69) is 4.74 Å². The largest absolute Gasteiger partial charge is 0.496 e. The van der Waals surface area contributed by atoms with Gasteiger partial charge in [-0.05, 0) is 18.2 Å². The van der Waals surface area contributed by atoms with E-state index in [0.29, 0.717) is 6.07 Å². The van der Waals surface area contributed by atoms with Gasteiger partial charge in [0.1, 0.15) is 5.75 Å². The molecule has 0 unspecified atom stereocenters. The fourth-order valence-corrected chi connectivity index (χ4v) is 1.08. The SMILES string of the molecule is COc1ccc(C(N)=O)cc1C(F)(F)F. The summed E-state index contributed by atoms with van der Waals surface area (Å²) in [6.07, 6.45) is -4.57. The topological polar surface area (TPSA) is 52.3 Å². The molecule has 0 aliphatic carbocycles. The van der Waals surface area contributed by atoms with Gasteiger partial charge in [-0.2, -0.15) is 13.2 Å². The number of carbonyl (C=O) groups excluding carboxylic acids is 1. The van der Waals surface area contributed by atoms with Crippen LogP contribution in [0.25, 0.3) is 0 Å². The lowest BCUT2D eigenvalue weighted by Gasteiger charge is -2.12. The normalized spacial score (nSPS) is 11.2. The second-order valence-electron chi connectivity index (χ2n) is 2.78. The molecule has 1 amide bonds. The molecule has 0 aliphatic rings. The molecule has 1 aromatic rings. The van der Waals surface area contributed by atoms with Crippen molar-refractivity contribution in [3.8, 4) is 5.75 Å². The molecule has 1 rings (SSSR count). The number of nitrogens with two attached hydrogens (primary N) is 1. The van der Waals surface area contributed by atoms with Gasteiger partial charge in [-0.15, -0.1) is 0 Å². The molecular formula is C9H8F3NO2. The van der Waals surface area contributed by atoms with Gasteiger partial charge in [0.05, 0.1) is 12.7 Å². The quantitative estimate of drug-likeness (QED) is 0.824. The standard InChI is InChI=1S/C9H8F3NO2/c1-15-7-3-2-5(8(13)14)4-6(7)9(10,11)12/h2-4H,1H3,(H2,13,14). The van der Waals surface area contributed by atoms with Crippen molar-refractivity contribution in [1.82, 2.24) is 0 Å². The van der Waals surface area contributed by atoms with Crippen LogP contribution < -0.4 is 10.5 Å². The van der Waals surface area contributed by atoms with E-state index >= 15 is 0 Å². The van der Waals surface area contributed by atoms with Crippen LogP contribution in [0.4, 0.5) is 13.2 Å². The van der Waals surface area contributed by atoms with Crippen LogP contribution in [0.15, 0.2) is 18.2 Å². The van der Waals surface area contributed by atoms with Gasteiger partial charge in [-0.1, -0.05) is 0 Å². The molecule has 6 heteroatoms. The van der Waals surface area contributed by atoms with Crippen molar-refractivity contribution < 1.29 is 22.7 Å². The highest BCUT2D eigenvalue weighted by atomic mass is 19.4. The first-order valence-electron chi connectivity index (χ1n) is 3.91. The summed E-state index contributed by atoms with van der Waals surface area (Å²) in [4.78, 5) is 10.7. The highest BCUT2D eigenvalue weighted by Gasteiger charge is 2.34. The first kappa shape index (κ1) is 11.4. The Morgan fingerprint density at radius 1 is 1.40 bits per heavy atom. The molecule has 2 N–H and O–H groups in total. The Hall–Kier alpha value is -1.72. The summed E-state index contributed by atoms with van der Waals surface area (Å²) in [7, 11) is 1.12. The zero-order valence-electron chi connectivity index (χ0n) is 7.76.